The second-order valence-corrected chi connectivity index (χ2v) is 10.8. The minimum atomic E-state index is -0.0584. The summed E-state index contributed by atoms with van der Waals surface area (Å²) in [7, 11) is 0. The average molecular weight is 497 g/mol. The van der Waals surface area contributed by atoms with Crippen molar-refractivity contribution < 1.29 is 9.53 Å². The molecule has 3 aromatic heterocycles. The molecule has 1 aliphatic heterocycles. The number of nitrogens with zero attached hydrogens (tertiary/aromatic N) is 3. The summed E-state index contributed by atoms with van der Waals surface area (Å²) in [5.74, 6) is 0.680. The second-order valence-electron chi connectivity index (χ2n) is 9.39. The quantitative estimate of drug-likeness (QED) is 0.337. The molecule has 10 heteroatoms. The molecule has 0 spiro atoms. The van der Waals surface area contributed by atoms with Crippen molar-refractivity contribution in [3.05, 3.63) is 46.2 Å². The number of amides is 1. The number of pyridine rings is 1. The Labute approximate surface area is 206 Å². The fourth-order valence-corrected chi connectivity index (χ4v) is 5.10. The van der Waals surface area contributed by atoms with Gasteiger partial charge in [-0.3, -0.25) is 4.79 Å². The van der Waals surface area contributed by atoms with E-state index in [1.54, 1.807) is 12.1 Å². The topological polar surface area (TPSA) is 101 Å². The zero-order valence-electron chi connectivity index (χ0n) is 19.3. The lowest BCUT2D eigenvalue weighted by molar-refractivity contribution is 0.0949. The van der Waals surface area contributed by atoms with Gasteiger partial charge in [0.1, 0.15) is 4.88 Å². The van der Waals surface area contributed by atoms with Crippen LogP contribution in [0.4, 0.5) is 5.69 Å². The van der Waals surface area contributed by atoms with Crippen molar-refractivity contribution in [3.8, 4) is 11.8 Å². The molecule has 1 aromatic carbocycles. The van der Waals surface area contributed by atoms with Crippen molar-refractivity contribution in [2.45, 2.75) is 45.8 Å². The molecule has 0 saturated heterocycles. The van der Waals surface area contributed by atoms with E-state index < -0.39 is 0 Å². The molecule has 0 fully saturated rings. The van der Waals surface area contributed by atoms with Crippen molar-refractivity contribution in [1.82, 2.24) is 25.6 Å². The number of anilines is 1. The second kappa shape index (κ2) is 8.65. The van der Waals surface area contributed by atoms with Gasteiger partial charge in [0.2, 0.25) is 17.0 Å². The predicted octanol–water partition coefficient (Wildman–Crippen LogP) is 5.12. The average Bonchev–Trinajstić information content (AvgIpc) is 3.08. The normalized spacial score (nSPS) is 16.1. The molecule has 0 bridgehead atoms. The van der Waals surface area contributed by atoms with Crippen LogP contribution < -0.4 is 20.7 Å². The van der Waals surface area contributed by atoms with Crippen molar-refractivity contribution in [2.24, 2.45) is 0 Å². The third-order valence-corrected chi connectivity index (χ3v) is 6.73. The maximum absolute atomic E-state index is 12.6. The van der Waals surface area contributed by atoms with Crippen LogP contribution in [0, 0.1) is 0 Å². The van der Waals surface area contributed by atoms with E-state index in [0.717, 1.165) is 32.4 Å². The number of carbonyl (C=O) groups excluding carboxylic acids is 1. The van der Waals surface area contributed by atoms with Crippen LogP contribution in [0.5, 0.6) is 11.8 Å². The summed E-state index contributed by atoms with van der Waals surface area (Å²) in [4.78, 5) is 26.5. The van der Waals surface area contributed by atoms with Gasteiger partial charge in [-0.05, 0) is 57.5 Å². The Morgan fingerprint density at radius 3 is 2.79 bits per heavy atom. The number of benzene rings is 1. The summed E-state index contributed by atoms with van der Waals surface area (Å²) in [6, 6.07) is 9.50. The highest BCUT2D eigenvalue weighted by atomic mass is 35.5. The molecule has 34 heavy (non-hydrogen) atoms. The fourth-order valence-electron chi connectivity index (χ4n) is 3.81. The number of ether oxygens (including phenoxy) is 1. The first-order valence-electron chi connectivity index (χ1n) is 11.0. The minimum absolute atomic E-state index is 0.0489. The van der Waals surface area contributed by atoms with E-state index >= 15 is 0 Å². The van der Waals surface area contributed by atoms with Crippen LogP contribution in [-0.4, -0.2) is 39.0 Å². The molecule has 0 unspecified atom stereocenters. The van der Waals surface area contributed by atoms with Gasteiger partial charge in [0.05, 0.1) is 16.9 Å². The fraction of sp³-hybridized carbons (Fsp3) is 0.333. The number of nitrogens with one attached hydrogen (secondary N) is 3. The number of aromatic nitrogens is 3. The van der Waals surface area contributed by atoms with Crippen LogP contribution in [0.3, 0.4) is 0 Å². The Bertz CT molecular complexity index is 1410. The van der Waals surface area contributed by atoms with Gasteiger partial charge in [0.25, 0.3) is 5.91 Å². The minimum Gasteiger partial charge on any atom is -0.421 e. The van der Waals surface area contributed by atoms with E-state index in [1.165, 1.54) is 11.3 Å². The summed E-state index contributed by atoms with van der Waals surface area (Å²) in [5.41, 5.74) is 2.30. The molecule has 1 atom stereocenters. The van der Waals surface area contributed by atoms with E-state index in [1.807, 2.05) is 25.1 Å². The molecule has 1 aliphatic rings. The zero-order chi connectivity index (χ0) is 24.0. The maximum atomic E-state index is 12.6. The van der Waals surface area contributed by atoms with E-state index in [2.05, 4.69) is 51.7 Å². The molecule has 4 aromatic rings. The van der Waals surface area contributed by atoms with Gasteiger partial charge in [-0.25, -0.2) is 9.97 Å². The lowest BCUT2D eigenvalue weighted by Crippen LogP contribution is -2.35. The highest BCUT2D eigenvalue weighted by Crippen LogP contribution is 2.41. The van der Waals surface area contributed by atoms with Crippen molar-refractivity contribution >= 4 is 55.5 Å². The summed E-state index contributed by atoms with van der Waals surface area (Å²) in [6.07, 6.45) is 0. The maximum Gasteiger partial charge on any atom is 0.263 e. The first-order valence-corrected chi connectivity index (χ1v) is 12.2. The Morgan fingerprint density at radius 1 is 1.18 bits per heavy atom. The first-order chi connectivity index (χ1) is 16.2. The van der Waals surface area contributed by atoms with E-state index in [0.29, 0.717) is 29.7 Å². The smallest absolute Gasteiger partial charge is 0.263 e. The van der Waals surface area contributed by atoms with Gasteiger partial charge < -0.3 is 20.7 Å². The van der Waals surface area contributed by atoms with Gasteiger partial charge in [-0.2, -0.15) is 4.98 Å². The highest BCUT2D eigenvalue weighted by molar-refractivity contribution is 7.21. The van der Waals surface area contributed by atoms with E-state index in [4.69, 9.17) is 16.3 Å². The van der Waals surface area contributed by atoms with E-state index in [9.17, 15) is 4.79 Å². The summed E-state index contributed by atoms with van der Waals surface area (Å²) in [5, 5.41) is 11.9. The Kier molecular flexibility index (Phi) is 5.79. The molecule has 0 saturated carbocycles. The predicted molar refractivity (Wildman–Crippen MR) is 136 cm³/mol. The van der Waals surface area contributed by atoms with Gasteiger partial charge in [-0.1, -0.05) is 0 Å². The molecule has 176 valence electrons. The molecule has 0 aliphatic carbocycles. The summed E-state index contributed by atoms with van der Waals surface area (Å²) < 4.78 is 6.98. The Balaban J connectivity index is 1.48. The zero-order valence-corrected chi connectivity index (χ0v) is 20.9. The molecule has 5 rings (SSSR count). The lowest BCUT2D eigenvalue weighted by atomic mass is 10.1. The number of hydrogen-bond donors (Lipinski definition) is 3. The first kappa shape index (κ1) is 22.8. The van der Waals surface area contributed by atoms with Crippen molar-refractivity contribution in [3.63, 3.8) is 0 Å². The van der Waals surface area contributed by atoms with Gasteiger partial charge in [-0.15, -0.1) is 11.3 Å². The van der Waals surface area contributed by atoms with Crippen LogP contribution >= 0.6 is 22.9 Å². The standard InChI is InChI=1S/C24H25ClN6O2S/c1-12-10-26-20-19-14-5-8-17(30-15(14)6-7-16(19)34-21(20)22(32)28-12)33-18-9-13(29-23(25)31-18)11-27-24(2,3)4/h5-9,12,26-27H,10-11H2,1-4H3,(H,28,32)/t12-/m0/s1. The van der Waals surface area contributed by atoms with Gasteiger partial charge >= 0.3 is 0 Å². The summed E-state index contributed by atoms with van der Waals surface area (Å²) >= 11 is 7.61. The highest BCUT2D eigenvalue weighted by Gasteiger charge is 2.24. The molecule has 8 nitrogen and oxygen atoms in total. The molecule has 4 heterocycles. The SMILES string of the molecule is C[C@H]1CNc2c(sc3ccc4nc(Oc5cc(CNC(C)(C)C)nc(Cl)n5)ccc4c23)C(=O)N1. The molecule has 1 amide bonds. The number of hydrogen-bond acceptors (Lipinski definition) is 8. The Morgan fingerprint density at radius 2 is 2.00 bits per heavy atom. The van der Waals surface area contributed by atoms with Crippen LogP contribution in [-0.2, 0) is 6.54 Å². The number of halogens is 1. The van der Waals surface area contributed by atoms with Crippen LogP contribution in [0.15, 0.2) is 30.3 Å². The van der Waals surface area contributed by atoms with Crippen molar-refractivity contribution in [1.29, 1.82) is 0 Å². The van der Waals surface area contributed by atoms with E-state index in [-0.39, 0.29) is 22.8 Å². The van der Waals surface area contributed by atoms with Gasteiger partial charge in [0, 0.05) is 52.3 Å². The third kappa shape index (κ3) is 4.64. The number of fused-ring (bicyclic) bond motifs is 5. The van der Waals surface area contributed by atoms with Crippen LogP contribution in [0.1, 0.15) is 43.1 Å². The monoisotopic (exact) mass is 496 g/mol. The molecule has 3 N–H and O–H groups in total. The molecule has 0 radical (unpaired) electrons. The molecular weight excluding hydrogens is 472 g/mol. The van der Waals surface area contributed by atoms with Crippen LogP contribution in [0.25, 0.3) is 21.0 Å². The lowest BCUT2D eigenvalue weighted by Gasteiger charge is -2.20. The van der Waals surface area contributed by atoms with Crippen LogP contribution in [0.2, 0.25) is 5.28 Å². The number of carbonyl (C=O) groups is 1. The van der Waals surface area contributed by atoms with Crippen molar-refractivity contribution in [2.75, 3.05) is 11.9 Å². The molecular formula is C24H25ClN6O2S. The Hall–Kier alpha value is -3.01. The van der Waals surface area contributed by atoms with Gasteiger partial charge in [0.15, 0.2) is 0 Å². The summed E-state index contributed by atoms with van der Waals surface area (Å²) in [6.45, 7) is 9.43. The number of thiophene rings is 1. The number of rotatable bonds is 4. The third-order valence-electron chi connectivity index (χ3n) is 5.40. The largest absolute Gasteiger partial charge is 0.421 e.